The van der Waals surface area contributed by atoms with Crippen LogP contribution in [0.1, 0.15) is 30.9 Å². The van der Waals surface area contributed by atoms with E-state index in [1.807, 2.05) is 18.2 Å². The lowest BCUT2D eigenvalue weighted by molar-refractivity contribution is -0.137. The number of aliphatic carboxylic acids is 1. The fourth-order valence-corrected chi connectivity index (χ4v) is 2.94. The number of carbonyl (C=O) groups is 1. The summed E-state index contributed by atoms with van der Waals surface area (Å²) < 4.78 is 16.9. The molecular weight excluding hydrogens is 349 g/mol. The third-order valence-corrected chi connectivity index (χ3v) is 4.24. The van der Waals surface area contributed by atoms with Crippen molar-refractivity contribution in [3.63, 3.8) is 0 Å². The van der Waals surface area contributed by atoms with Crippen LogP contribution < -0.4 is 20.7 Å². The van der Waals surface area contributed by atoms with Crippen molar-refractivity contribution in [2.24, 2.45) is 5.73 Å². The molecule has 0 bridgehead atoms. The van der Waals surface area contributed by atoms with Crippen LogP contribution >= 0.6 is 0 Å². The third-order valence-electron chi connectivity index (χ3n) is 4.24. The Kier molecular flexibility index (Phi) is 6.34. The molecule has 2 aromatic rings. The summed E-state index contributed by atoms with van der Waals surface area (Å²) >= 11 is 0. The molecule has 7 nitrogen and oxygen atoms in total. The lowest BCUT2D eigenvalue weighted by Crippen LogP contribution is -2.27. The Morgan fingerprint density at radius 2 is 1.96 bits per heavy atom. The van der Waals surface area contributed by atoms with Gasteiger partial charge in [0.05, 0.1) is 12.7 Å². The summed E-state index contributed by atoms with van der Waals surface area (Å²) in [7, 11) is -1.09. The van der Waals surface area contributed by atoms with Gasteiger partial charge in [0, 0.05) is 12.5 Å². The van der Waals surface area contributed by atoms with E-state index >= 15 is 0 Å². The summed E-state index contributed by atoms with van der Waals surface area (Å²) in [6.45, 7) is 1.11. The molecule has 0 saturated heterocycles. The van der Waals surface area contributed by atoms with E-state index in [1.165, 1.54) is 0 Å². The molecule has 0 amide bonds. The second-order valence-electron chi connectivity index (χ2n) is 6.27. The first kappa shape index (κ1) is 19.2. The first-order valence-electron chi connectivity index (χ1n) is 8.87. The topological polar surface area (TPSA) is 111 Å². The van der Waals surface area contributed by atoms with E-state index < -0.39 is 19.2 Å². The second-order valence-corrected chi connectivity index (χ2v) is 6.27. The van der Waals surface area contributed by atoms with Crippen molar-refractivity contribution < 1.29 is 29.1 Å². The molecular formula is C19H22BNO6. The monoisotopic (exact) mass is 371 g/mol. The summed E-state index contributed by atoms with van der Waals surface area (Å²) in [5.74, 6) is 0.958. The number of hydrogen-bond donors (Lipinski definition) is 3. The standard InChI is InChI=1S/C19H22BNO6/c21-9-2-10-25-13-3-1-4-14(11-13)26-15-5-6-16-17(12-15)20(24)27-18(16)7-8-19(22)23/h1,3-6,11-12,18,24H,2,7-10,21H2,(H,22,23). The van der Waals surface area contributed by atoms with Crippen LogP contribution in [0.25, 0.3) is 0 Å². The molecule has 0 aromatic heterocycles. The van der Waals surface area contributed by atoms with Crippen molar-refractivity contribution in [2.45, 2.75) is 25.4 Å². The fourth-order valence-electron chi connectivity index (χ4n) is 2.94. The Balaban J connectivity index is 1.69. The Morgan fingerprint density at radius 3 is 2.74 bits per heavy atom. The molecule has 1 atom stereocenters. The molecule has 1 aliphatic heterocycles. The molecule has 1 heterocycles. The Hall–Kier alpha value is -2.55. The van der Waals surface area contributed by atoms with Crippen molar-refractivity contribution in [2.75, 3.05) is 13.2 Å². The average Bonchev–Trinajstić information content (AvgIpc) is 2.96. The summed E-state index contributed by atoms with van der Waals surface area (Å²) in [6, 6.07) is 12.6. The minimum absolute atomic E-state index is 0.0218. The minimum Gasteiger partial charge on any atom is -0.493 e. The number of carboxylic acids is 1. The summed E-state index contributed by atoms with van der Waals surface area (Å²) in [6.07, 6.45) is 0.629. The van der Waals surface area contributed by atoms with E-state index in [1.54, 1.807) is 24.3 Å². The van der Waals surface area contributed by atoms with E-state index in [2.05, 4.69) is 0 Å². The second kappa shape index (κ2) is 8.90. The van der Waals surface area contributed by atoms with Crippen LogP contribution in [0.4, 0.5) is 0 Å². The third kappa shape index (κ3) is 5.00. The van der Waals surface area contributed by atoms with Crippen LogP contribution in [0.2, 0.25) is 0 Å². The zero-order valence-corrected chi connectivity index (χ0v) is 14.8. The van der Waals surface area contributed by atoms with Crippen molar-refractivity contribution in [3.8, 4) is 17.2 Å². The van der Waals surface area contributed by atoms with Gasteiger partial charge in [-0.3, -0.25) is 4.79 Å². The first-order chi connectivity index (χ1) is 13.1. The zero-order chi connectivity index (χ0) is 19.2. The van der Waals surface area contributed by atoms with Gasteiger partial charge in [-0.15, -0.1) is 0 Å². The molecule has 1 aliphatic rings. The van der Waals surface area contributed by atoms with Gasteiger partial charge in [-0.05, 0) is 54.7 Å². The van der Waals surface area contributed by atoms with Crippen molar-refractivity contribution in [3.05, 3.63) is 48.0 Å². The average molecular weight is 371 g/mol. The van der Waals surface area contributed by atoms with E-state index in [0.717, 1.165) is 12.0 Å². The Bertz CT molecular complexity index is 800. The minimum atomic E-state index is -1.09. The maximum absolute atomic E-state index is 10.8. The number of hydrogen-bond acceptors (Lipinski definition) is 6. The van der Waals surface area contributed by atoms with Crippen molar-refractivity contribution in [1.29, 1.82) is 0 Å². The maximum Gasteiger partial charge on any atom is 0.492 e. The van der Waals surface area contributed by atoms with Crippen LogP contribution in [0.15, 0.2) is 42.5 Å². The zero-order valence-electron chi connectivity index (χ0n) is 14.8. The van der Waals surface area contributed by atoms with Crippen LogP contribution in [0.3, 0.4) is 0 Å². The van der Waals surface area contributed by atoms with Crippen LogP contribution in [-0.2, 0) is 9.45 Å². The van der Waals surface area contributed by atoms with E-state index in [9.17, 15) is 9.82 Å². The van der Waals surface area contributed by atoms with Crippen molar-refractivity contribution in [1.82, 2.24) is 0 Å². The predicted octanol–water partition coefficient (Wildman–Crippen LogP) is 1.83. The highest BCUT2D eigenvalue weighted by Crippen LogP contribution is 2.31. The molecule has 0 spiro atoms. The molecule has 8 heteroatoms. The van der Waals surface area contributed by atoms with Gasteiger partial charge < -0.3 is 30.0 Å². The molecule has 0 aliphatic carbocycles. The van der Waals surface area contributed by atoms with Gasteiger partial charge in [-0.2, -0.15) is 0 Å². The highest BCUT2D eigenvalue weighted by atomic mass is 16.5. The molecule has 0 radical (unpaired) electrons. The van der Waals surface area contributed by atoms with Gasteiger partial charge in [-0.25, -0.2) is 0 Å². The number of nitrogens with two attached hydrogens (primary N) is 1. The SMILES string of the molecule is NCCCOc1cccc(Oc2ccc3c(c2)B(O)OC3CCC(=O)O)c1. The predicted molar refractivity (Wildman–Crippen MR) is 100 cm³/mol. The molecule has 1 unspecified atom stereocenters. The molecule has 0 saturated carbocycles. The highest BCUT2D eigenvalue weighted by molar-refractivity contribution is 6.61. The summed E-state index contributed by atoms with van der Waals surface area (Å²) in [4.78, 5) is 10.8. The van der Waals surface area contributed by atoms with Crippen molar-refractivity contribution >= 4 is 18.6 Å². The molecule has 2 aromatic carbocycles. The summed E-state index contributed by atoms with van der Waals surface area (Å²) in [5, 5.41) is 18.9. The molecule has 27 heavy (non-hydrogen) atoms. The fraction of sp³-hybridized carbons (Fsp3) is 0.316. The van der Waals surface area contributed by atoms with Gasteiger partial charge in [0.1, 0.15) is 17.2 Å². The lowest BCUT2D eigenvalue weighted by atomic mass is 9.79. The largest absolute Gasteiger partial charge is 0.493 e. The Morgan fingerprint density at radius 1 is 1.19 bits per heavy atom. The highest BCUT2D eigenvalue weighted by Gasteiger charge is 2.35. The molecule has 3 rings (SSSR count). The molecule has 4 N–H and O–H groups in total. The van der Waals surface area contributed by atoms with Crippen LogP contribution in [0, 0.1) is 0 Å². The number of benzene rings is 2. The van der Waals surface area contributed by atoms with Gasteiger partial charge in [0.25, 0.3) is 0 Å². The number of fused-ring (bicyclic) bond motifs is 1. The Labute approximate surface area is 157 Å². The van der Waals surface area contributed by atoms with Gasteiger partial charge in [0.15, 0.2) is 0 Å². The summed E-state index contributed by atoms with van der Waals surface area (Å²) in [5.41, 5.74) is 6.84. The van der Waals surface area contributed by atoms with Crippen LogP contribution in [0.5, 0.6) is 17.2 Å². The van der Waals surface area contributed by atoms with Crippen LogP contribution in [-0.4, -0.2) is 36.4 Å². The maximum atomic E-state index is 10.8. The van der Waals surface area contributed by atoms with E-state index in [-0.39, 0.29) is 6.42 Å². The quantitative estimate of drug-likeness (QED) is 0.456. The normalized spacial score (nSPS) is 15.5. The smallest absolute Gasteiger partial charge is 0.492 e. The van der Waals surface area contributed by atoms with E-state index in [0.29, 0.717) is 42.3 Å². The van der Waals surface area contributed by atoms with Gasteiger partial charge in [0.2, 0.25) is 0 Å². The number of ether oxygens (including phenoxy) is 2. The van der Waals surface area contributed by atoms with Gasteiger partial charge >= 0.3 is 13.1 Å². The number of carboxylic acid groups (broad SMARTS) is 1. The first-order valence-corrected chi connectivity index (χ1v) is 8.87. The molecule has 142 valence electrons. The van der Waals surface area contributed by atoms with E-state index in [4.69, 9.17) is 25.0 Å². The van der Waals surface area contributed by atoms with Gasteiger partial charge in [-0.1, -0.05) is 12.1 Å². The number of rotatable bonds is 9. The lowest BCUT2D eigenvalue weighted by Gasteiger charge is -2.12. The molecule has 0 fully saturated rings.